The van der Waals surface area contributed by atoms with Gasteiger partial charge in [-0.2, -0.15) is 0 Å². The topological polar surface area (TPSA) is 41.6 Å². The van der Waals surface area contributed by atoms with Gasteiger partial charge in [0.1, 0.15) is 0 Å². The molecule has 1 saturated heterocycles. The maximum atomic E-state index is 11.9. The van der Waals surface area contributed by atoms with Crippen LogP contribution in [0.1, 0.15) is 39.0 Å². The minimum atomic E-state index is 0.241. The van der Waals surface area contributed by atoms with Crippen LogP contribution in [0.5, 0.6) is 0 Å². The summed E-state index contributed by atoms with van der Waals surface area (Å²) in [6.07, 6.45) is 6.25. The Morgan fingerprint density at radius 3 is 2.76 bits per heavy atom. The lowest BCUT2D eigenvalue weighted by atomic mass is 10.1. The number of likely N-dealkylation sites (N-methyl/N-ethyl adjacent to an activating group) is 1. The Kier molecular flexibility index (Phi) is 4.80. The fraction of sp³-hybridized carbons (Fsp3) is 0.923. The molecule has 1 amide bonds. The molecule has 1 heterocycles. The molecule has 0 radical (unpaired) electrons. The Bertz CT molecular complexity index is 248. The summed E-state index contributed by atoms with van der Waals surface area (Å²) in [6, 6.07) is 0.528. The molecule has 0 bridgehead atoms. The zero-order valence-corrected chi connectivity index (χ0v) is 10.8. The molecule has 4 nitrogen and oxygen atoms in total. The van der Waals surface area contributed by atoms with Gasteiger partial charge in [-0.3, -0.25) is 4.79 Å². The van der Waals surface area contributed by atoms with Gasteiger partial charge in [0.2, 0.25) is 5.91 Å². The largest absolute Gasteiger partial charge is 0.377 e. The number of ether oxygens (including phenoxy) is 1. The number of hydrogen-bond donors (Lipinski definition) is 1. The van der Waals surface area contributed by atoms with Crippen LogP contribution in [-0.2, 0) is 9.53 Å². The highest BCUT2D eigenvalue weighted by Crippen LogP contribution is 2.26. The van der Waals surface area contributed by atoms with E-state index >= 15 is 0 Å². The molecule has 1 unspecified atom stereocenters. The second-order valence-corrected chi connectivity index (χ2v) is 5.03. The minimum absolute atomic E-state index is 0.241. The van der Waals surface area contributed by atoms with Gasteiger partial charge in [-0.05, 0) is 39.0 Å². The van der Waals surface area contributed by atoms with Crippen LogP contribution in [0, 0.1) is 0 Å². The molecule has 0 aromatic heterocycles. The molecule has 1 aliphatic carbocycles. The average Bonchev–Trinajstić information content (AvgIpc) is 3.16. The Morgan fingerprint density at radius 1 is 1.35 bits per heavy atom. The van der Waals surface area contributed by atoms with Gasteiger partial charge in [-0.1, -0.05) is 0 Å². The summed E-state index contributed by atoms with van der Waals surface area (Å²) in [7, 11) is 0. The highest BCUT2D eigenvalue weighted by atomic mass is 16.5. The molecule has 1 atom stereocenters. The van der Waals surface area contributed by atoms with Gasteiger partial charge in [0.05, 0.1) is 12.6 Å². The Hall–Kier alpha value is -0.610. The van der Waals surface area contributed by atoms with Crippen molar-refractivity contribution in [2.45, 2.75) is 51.2 Å². The third kappa shape index (κ3) is 3.96. The molecule has 1 aliphatic heterocycles. The van der Waals surface area contributed by atoms with Crippen LogP contribution < -0.4 is 5.32 Å². The van der Waals surface area contributed by atoms with Crippen LogP contribution in [0.15, 0.2) is 0 Å². The monoisotopic (exact) mass is 240 g/mol. The fourth-order valence-corrected chi connectivity index (χ4v) is 2.43. The molecule has 0 aromatic carbocycles. The molecule has 2 aliphatic rings. The quantitative estimate of drug-likeness (QED) is 0.757. The normalized spacial score (nSPS) is 24.6. The summed E-state index contributed by atoms with van der Waals surface area (Å²) in [4.78, 5) is 13.9. The Labute approximate surface area is 104 Å². The van der Waals surface area contributed by atoms with Crippen molar-refractivity contribution in [2.24, 2.45) is 0 Å². The predicted octanol–water partition coefficient (Wildman–Crippen LogP) is 1.16. The van der Waals surface area contributed by atoms with Crippen molar-refractivity contribution in [3.05, 3.63) is 0 Å². The maximum absolute atomic E-state index is 11.9. The average molecular weight is 240 g/mol. The number of nitrogens with one attached hydrogen (secondary N) is 1. The van der Waals surface area contributed by atoms with Crippen molar-refractivity contribution in [1.29, 1.82) is 0 Å². The molecule has 1 saturated carbocycles. The van der Waals surface area contributed by atoms with Gasteiger partial charge in [0, 0.05) is 25.7 Å². The van der Waals surface area contributed by atoms with Crippen molar-refractivity contribution in [1.82, 2.24) is 10.2 Å². The van der Waals surface area contributed by atoms with Crippen LogP contribution in [0.25, 0.3) is 0 Å². The fourth-order valence-electron chi connectivity index (χ4n) is 2.43. The van der Waals surface area contributed by atoms with E-state index in [0.29, 0.717) is 18.7 Å². The summed E-state index contributed by atoms with van der Waals surface area (Å²) in [5.74, 6) is 0.241. The predicted molar refractivity (Wildman–Crippen MR) is 66.9 cm³/mol. The highest BCUT2D eigenvalue weighted by molar-refractivity contribution is 5.78. The van der Waals surface area contributed by atoms with Gasteiger partial charge in [0.25, 0.3) is 0 Å². The molecule has 1 N–H and O–H groups in total. The van der Waals surface area contributed by atoms with Crippen molar-refractivity contribution in [3.63, 3.8) is 0 Å². The molecule has 0 aromatic rings. The second kappa shape index (κ2) is 6.36. The number of amides is 1. The zero-order valence-electron chi connectivity index (χ0n) is 10.8. The number of carbonyl (C=O) groups is 1. The van der Waals surface area contributed by atoms with Crippen LogP contribution in [0.2, 0.25) is 0 Å². The standard InChI is InChI=1S/C13H24N2O2/c1-2-15(11-6-7-11)13(16)10-14-9-12-5-3-4-8-17-12/h11-12,14H,2-10H2,1H3. The van der Waals surface area contributed by atoms with E-state index in [0.717, 1.165) is 26.1 Å². The first-order chi connectivity index (χ1) is 8.31. The molecule has 0 spiro atoms. The van der Waals surface area contributed by atoms with Gasteiger partial charge in [-0.15, -0.1) is 0 Å². The van der Waals surface area contributed by atoms with E-state index in [1.165, 1.54) is 25.7 Å². The van der Waals surface area contributed by atoms with E-state index in [1.54, 1.807) is 0 Å². The number of hydrogen-bond acceptors (Lipinski definition) is 3. The molecular weight excluding hydrogens is 216 g/mol. The van der Waals surface area contributed by atoms with E-state index in [9.17, 15) is 4.79 Å². The molecule has 2 rings (SSSR count). The molecule has 4 heteroatoms. The van der Waals surface area contributed by atoms with Crippen LogP contribution in [0.3, 0.4) is 0 Å². The third-order valence-electron chi connectivity index (χ3n) is 3.57. The third-order valence-corrected chi connectivity index (χ3v) is 3.57. The zero-order chi connectivity index (χ0) is 12.1. The molecule has 2 fully saturated rings. The summed E-state index contributed by atoms with van der Waals surface area (Å²) in [5.41, 5.74) is 0. The second-order valence-electron chi connectivity index (χ2n) is 5.03. The lowest BCUT2D eigenvalue weighted by Gasteiger charge is -2.24. The SMILES string of the molecule is CCN(C(=O)CNCC1CCCCO1)C1CC1. The van der Waals surface area contributed by atoms with Gasteiger partial charge in [0.15, 0.2) is 0 Å². The van der Waals surface area contributed by atoms with E-state index in [4.69, 9.17) is 4.74 Å². The van der Waals surface area contributed by atoms with Gasteiger partial charge < -0.3 is 15.0 Å². The van der Waals surface area contributed by atoms with E-state index < -0.39 is 0 Å². The smallest absolute Gasteiger partial charge is 0.236 e. The molecule has 17 heavy (non-hydrogen) atoms. The molecule has 98 valence electrons. The van der Waals surface area contributed by atoms with Gasteiger partial charge >= 0.3 is 0 Å². The van der Waals surface area contributed by atoms with Crippen molar-refractivity contribution in [3.8, 4) is 0 Å². The first-order valence-corrected chi connectivity index (χ1v) is 6.93. The summed E-state index contributed by atoms with van der Waals surface area (Å²) in [5, 5.41) is 3.24. The number of carbonyl (C=O) groups excluding carboxylic acids is 1. The van der Waals surface area contributed by atoms with E-state index in [1.807, 2.05) is 4.90 Å². The first-order valence-electron chi connectivity index (χ1n) is 6.93. The lowest BCUT2D eigenvalue weighted by molar-refractivity contribution is -0.130. The van der Waals surface area contributed by atoms with Crippen molar-refractivity contribution in [2.75, 3.05) is 26.2 Å². The van der Waals surface area contributed by atoms with Gasteiger partial charge in [-0.25, -0.2) is 0 Å². The minimum Gasteiger partial charge on any atom is -0.377 e. The molecular formula is C13H24N2O2. The first kappa shape index (κ1) is 12.8. The summed E-state index contributed by atoms with van der Waals surface area (Å²) < 4.78 is 5.62. The van der Waals surface area contributed by atoms with E-state index in [-0.39, 0.29) is 5.91 Å². The highest BCUT2D eigenvalue weighted by Gasteiger charge is 2.30. The summed E-state index contributed by atoms with van der Waals surface area (Å²) >= 11 is 0. The van der Waals surface area contributed by atoms with Crippen LogP contribution in [0.4, 0.5) is 0 Å². The van der Waals surface area contributed by atoms with Crippen LogP contribution in [-0.4, -0.2) is 49.2 Å². The lowest BCUT2D eigenvalue weighted by Crippen LogP contribution is -2.42. The van der Waals surface area contributed by atoms with E-state index in [2.05, 4.69) is 12.2 Å². The van der Waals surface area contributed by atoms with Crippen molar-refractivity contribution >= 4 is 5.91 Å². The number of rotatable bonds is 6. The Morgan fingerprint density at radius 2 is 2.18 bits per heavy atom. The van der Waals surface area contributed by atoms with Crippen LogP contribution >= 0.6 is 0 Å². The summed E-state index contributed by atoms with van der Waals surface area (Å²) in [6.45, 7) is 5.05. The maximum Gasteiger partial charge on any atom is 0.236 e. The van der Waals surface area contributed by atoms with Crippen molar-refractivity contribution < 1.29 is 9.53 Å². The number of nitrogens with zero attached hydrogens (tertiary/aromatic N) is 1. The Balaban J connectivity index is 1.61.